The van der Waals surface area contributed by atoms with E-state index in [0.29, 0.717) is 0 Å². The molecule has 1 heterocycles. The Morgan fingerprint density at radius 1 is 1.14 bits per heavy atom. The van der Waals surface area contributed by atoms with Crippen molar-refractivity contribution in [1.82, 2.24) is 4.98 Å². The first-order chi connectivity index (χ1) is 17.2. The third-order valence-corrected chi connectivity index (χ3v) is 6.71. The summed E-state index contributed by atoms with van der Waals surface area (Å²) in [6.07, 6.45) is 1.60. The Hall–Kier alpha value is -3.25. The van der Waals surface area contributed by atoms with Gasteiger partial charge in [0.1, 0.15) is 18.5 Å². The lowest BCUT2D eigenvalue weighted by atomic mass is 9.90. The second-order valence-corrected chi connectivity index (χ2v) is 10.1. The first kappa shape index (κ1) is 27.3. The third-order valence-electron chi connectivity index (χ3n) is 5.55. The fourth-order valence-corrected chi connectivity index (χ4v) is 4.71. The molecule has 2 N–H and O–H groups in total. The molecule has 1 aromatic heterocycles. The molecule has 36 heavy (non-hydrogen) atoms. The Labute approximate surface area is 211 Å². The number of halogens is 1. The predicted octanol–water partition coefficient (Wildman–Crippen LogP) is 6.59. The van der Waals surface area contributed by atoms with E-state index in [-0.39, 0.29) is 24.5 Å². The topological polar surface area (TPSA) is 96.7 Å². The molecule has 0 spiro atoms. The number of aromatic nitrogens is 1. The quantitative estimate of drug-likeness (QED) is 0.282. The summed E-state index contributed by atoms with van der Waals surface area (Å²) in [6.45, 7) is 5.97. The van der Waals surface area contributed by atoms with Crippen molar-refractivity contribution in [2.75, 3.05) is 12.8 Å². The Kier molecular flexibility index (Phi) is 9.59. The number of benzene rings is 2. The number of carboxylic acid groups (broad SMARTS) is 1. The van der Waals surface area contributed by atoms with Crippen molar-refractivity contribution in [1.29, 1.82) is 0 Å². The summed E-state index contributed by atoms with van der Waals surface area (Å²) in [5, 5.41) is 18.4. The minimum atomic E-state index is -2.22. The smallest absolute Gasteiger partial charge is 0.481 e. The molecule has 0 saturated heterocycles. The van der Waals surface area contributed by atoms with Gasteiger partial charge in [-0.15, -0.1) is 4.52 Å². The molecule has 0 aliphatic carbocycles. The van der Waals surface area contributed by atoms with Crippen LogP contribution in [0.25, 0.3) is 28.5 Å². The Morgan fingerprint density at radius 2 is 1.86 bits per heavy atom. The molecule has 6 nitrogen and oxygen atoms in total. The Bertz CT molecular complexity index is 1260. The number of hydrogen-bond donors (Lipinski definition) is 2. The highest BCUT2D eigenvalue weighted by Crippen LogP contribution is 2.36. The SMILES string of the molecule is Cc1cc(F)ccc1-c1cc(-c2ccccc2)nc(C(C)C)c1/C=C/CO[P+](=O)C[C@@H](O)CC(=O)O. The van der Waals surface area contributed by atoms with Gasteiger partial charge in [-0.2, -0.15) is 0 Å². The van der Waals surface area contributed by atoms with E-state index in [1.54, 1.807) is 12.1 Å². The van der Waals surface area contributed by atoms with Gasteiger partial charge in [-0.1, -0.05) is 62.4 Å². The summed E-state index contributed by atoms with van der Waals surface area (Å²) in [5.41, 5.74) is 6.04. The lowest BCUT2D eigenvalue weighted by Crippen LogP contribution is -2.15. The lowest BCUT2D eigenvalue weighted by molar-refractivity contribution is -0.138. The molecule has 0 bridgehead atoms. The Balaban J connectivity index is 1.97. The average molecular weight is 511 g/mol. The van der Waals surface area contributed by atoms with Gasteiger partial charge in [0.05, 0.1) is 17.8 Å². The number of pyridine rings is 1. The fourth-order valence-electron chi connectivity index (χ4n) is 3.88. The number of nitrogens with zero attached hydrogens (tertiary/aromatic N) is 1. The van der Waals surface area contributed by atoms with Gasteiger partial charge >= 0.3 is 14.0 Å². The highest BCUT2D eigenvalue weighted by Gasteiger charge is 2.25. The molecule has 8 heteroatoms. The number of carbonyl (C=O) groups is 1. The Morgan fingerprint density at radius 3 is 2.50 bits per heavy atom. The molecule has 3 aromatic rings. The lowest BCUT2D eigenvalue weighted by Gasteiger charge is -2.18. The molecular formula is C28H30FNO5P+. The molecule has 0 aliphatic heterocycles. The van der Waals surface area contributed by atoms with E-state index in [2.05, 4.69) is 0 Å². The number of aliphatic hydroxyl groups is 1. The van der Waals surface area contributed by atoms with Gasteiger partial charge in [-0.25, -0.2) is 4.39 Å². The van der Waals surface area contributed by atoms with E-state index < -0.39 is 26.5 Å². The van der Waals surface area contributed by atoms with Crippen LogP contribution in [0.1, 0.15) is 43.0 Å². The first-order valence-electron chi connectivity index (χ1n) is 11.7. The zero-order valence-corrected chi connectivity index (χ0v) is 21.4. The van der Waals surface area contributed by atoms with Gasteiger partial charge in [0.25, 0.3) is 0 Å². The molecule has 0 amide bonds. The number of rotatable bonds is 11. The maximum Gasteiger partial charge on any atom is 0.511 e. The highest BCUT2D eigenvalue weighted by atomic mass is 31.1. The standard InChI is InChI=1S/C28H29FNO5P/c1-18(2)28-24(10-7-13-35-36(34)17-22(31)15-27(32)33)25(23-12-11-21(29)14-19(23)3)16-26(30-28)20-8-5-4-6-9-20/h4-12,14,16,18,22,31H,13,15,17H2,1-3H3/p+1/b10-7+/t22-/m0/s1. The van der Waals surface area contributed by atoms with Crippen LogP contribution < -0.4 is 0 Å². The maximum atomic E-state index is 13.9. The summed E-state index contributed by atoms with van der Waals surface area (Å²) in [7, 11) is -2.22. The average Bonchev–Trinajstić information content (AvgIpc) is 2.81. The maximum absolute atomic E-state index is 13.9. The van der Waals surface area contributed by atoms with E-state index >= 15 is 0 Å². The highest BCUT2D eigenvalue weighted by molar-refractivity contribution is 7.39. The summed E-state index contributed by atoms with van der Waals surface area (Å²) >= 11 is 0. The third kappa shape index (κ3) is 7.37. The van der Waals surface area contributed by atoms with E-state index in [9.17, 15) is 18.9 Å². The monoisotopic (exact) mass is 510 g/mol. The van der Waals surface area contributed by atoms with Crippen molar-refractivity contribution in [2.45, 2.75) is 39.2 Å². The van der Waals surface area contributed by atoms with Crippen LogP contribution in [0.3, 0.4) is 0 Å². The van der Waals surface area contributed by atoms with Crippen molar-refractivity contribution < 1.29 is 28.5 Å². The van der Waals surface area contributed by atoms with E-state index in [0.717, 1.165) is 39.2 Å². The minimum Gasteiger partial charge on any atom is -0.481 e. The number of carboxylic acids is 1. The molecule has 0 fully saturated rings. The zero-order valence-electron chi connectivity index (χ0n) is 20.5. The zero-order chi connectivity index (χ0) is 26.2. The molecule has 2 atom stereocenters. The van der Waals surface area contributed by atoms with E-state index in [1.807, 2.05) is 63.2 Å². The molecule has 2 aromatic carbocycles. The molecule has 188 valence electrons. The summed E-state index contributed by atoms with van der Waals surface area (Å²) in [6, 6.07) is 16.5. The molecule has 0 radical (unpaired) electrons. The normalized spacial score (nSPS) is 12.8. The summed E-state index contributed by atoms with van der Waals surface area (Å²) in [4.78, 5) is 15.6. The number of aliphatic hydroxyl groups excluding tert-OH is 1. The van der Waals surface area contributed by atoms with Gasteiger partial charge in [-0.05, 0) is 52.3 Å². The molecular weight excluding hydrogens is 480 g/mol. The molecule has 0 saturated carbocycles. The van der Waals surface area contributed by atoms with Gasteiger partial charge < -0.3 is 10.2 Å². The molecule has 3 rings (SSSR count). The van der Waals surface area contributed by atoms with Crippen molar-refractivity contribution >= 4 is 20.1 Å². The van der Waals surface area contributed by atoms with Crippen molar-refractivity contribution in [2.24, 2.45) is 0 Å². The molecule has 1 unspecified atom stereocenters. The second-order valence-electron chi connectivity index (χ2n) is 8.80. The van der Waals surface area contributed by atoms with Gasteiger partial charge in [0.15, 0.2) is 0 Å². The molecule has 0 aliphatic rings. The van der Waals surface area contributed by atoms with Crippen molar-refractivity contribution in [3.8, 4) is 22.4 Å². The number of hydrogen-bond acceptors (Lipinski definition) is 5. The van der Waals surface area contributed by atoms with Crippen LogP contribution in [0.15, 0.2) is 60.7 Å². The van der Waals surface area contributed by atoms with E-state index in [4.69, 9.17) is 14.6 Å². The van der Waals surface area contributed by atoms with Gasteiger partial charge in [0.2, 0.25) is 6.16 Å². The number of aliphatic carboxylic acids is 1. The van der Waals surface area contributed by atoms with Gasteiger partial charge in [0, 0.05) is 11.1 Å². The summed E-state index contributed by atoms with van der Waals surface area (Å²) < 4.78 is 31.3. The number of aryl methyl sites for hydroxylation is 1. The van der Waals surface area contributed by atoms with Crippen LogP contribution in [0.5, 0.6) is 0 Å². The fraction of sp³-hybridized carbons (Fsp3) is 0.286. The van der Waals surface area contributed by atoms with Crippen LogP contribution in [-0.2, 0) is 13.9 Å². The second kappa shape index (κ2) is 12.6. The van der Waals surface area contributed by atoms with E-state index in [1.165, 1.54) is 12.1 Å². The van der Waals surface area contributed by atoms with Crippen LogP contribution in [0, 0.1) is 12.7 Å². The van der Waals surface area contributed by atoms with Gasteiger partial charge in [-0.3, -0.25) is 9.78 Å². The van der Waals surface area contributed by atoms with Crippen LogP contribution in [0.2, 0.25) is 0 Å². The van der Waals surface area contributed by atoms with Crippen LogP contribution >= 0.6 is 8.03 Å². The van der Waals surface area contributed by atoms with Crippen LogP contribution in [0.4, 0.5) is 4.39 Å². The van der Waals surface area contributed by atoms with Crippen molar-refractivity contribution in [3.05, 3.63) is 83.3 Å². The minimum absolute atomic E-state index is 0.00874. The van der Waals surface area contributed by atoms with Crippen molar-refractivity contribution in [3.63, 3.8) is 0 Å². The summed E-state index contributed by atoms with van der Waals surface area (Å²) in [5.74, 6) is -1.39. The first-order valence-corrected chi connectivity index (χ1v) is 13.0. The van der Waals surface area contributed by atoms with Crippen LogP contribution in [-0.4, -0.2) is 40.0 Å². The predicted molar refractivity (Wildman–Crippen MR) is 140 cm³/mol. The largest absolute Gasteiger partial charge is 0.511 e.